The van der Waals surface area contributed by atoms with Gasteiger partial charge in [-0.05, 0) is 69.9 Å². The third-order valence-electron chi connectivity index (χ3n) is 8.16. The molecule has 2 saturated carbocycles. The van der Waals surface area contributed by atoms with Crippen molar-refractivity contribution in [2.45, 2.75) is 83.7 Å². The van der Waals surface area contributed by atoms with E-state index in [0.29, 0.717) is 6.42 Å². The normalized spacial score (nSPS) is 38.5. The zero-order valence-corrected chi connectivity index (χ0v) is 19.2. The predicted octanol–water partition coefficient (Wildman–Crippen LogP) is 4.94. The van der Waals surface area contributed by atoms with Gasteiger partial charge in [0.25, 0.3) is 0 Å². The topological polar surface area (TPSA) is 61.8 Å². The molecule has 1 saturated heterocycles. The molecule has 168 valence electrons. The minimum Gasteiger partial charge on any atom is -0.462 e. The first kappa shape index (κ1) is 22.1. The minimum atomic E-state index is -0.600. The SMILES string of the molecule is CC(=O)O[C@@H]1CC[C@@H](C)[C@@]23C[C@@H](C[C@H](OC(=O)C=Cc4ccccc4)[C@]12C)C(C)(C)O3. The molecule has 1 aliphatic heterocycles. The van der Waals surface area contributed by atoms with Gasteiger partial charge in [0.2, 0.25) is 0 Å². The van der Waals surface area contributed by atoms with Gasteiger partial charge in [-0.2, -0.15) is 0 Å². The summed E-state index contributed by atoms with van der Waals surface area (Å²) in [7, 11) is 0. The zero-order valence-electron chi connectivity index (χ0n) is 19.2. The van der Waals surface area contributed by atoms with Gasteiger partial charge < -0.3 is 14.2 Å². The summed E-state index contributed by atoms with van der Waals surface area (Å²) in [5.74, 6) is -0.0987. The predicted molar refractivity (Wildman–Crippen MR) is 118 cm³/mol. The monoisotopic (exact) mass is 426 g/mol. The molecule has 0 N–H and O–H groups in total. The maximum atomic E-state index is 12.8. The Balaban J connectivity index is 1.66. The molecule has 5 nitrogen and oxygen atoms in total. The van der Waals surface area contributed by atoms with Gasteiger partial charge in [0.15, 0.2) is 0 Å². The zero-order chi connectivity index (χ0) is 22.4. The van der Waals surface area contributed by atoms with Crippen molar-refractivity contribution in [2.24, 2.45) is 17.3 Å². The highest BCUT2D eigenvalue weighted by Gasteiger charge is 2.73. The summed E-state index contributed by atoms with van der Waals surface area (Å²) >= 11 is 0. The number of rotatable bonds is 4. The van der Waals surface area contributed by atoms with Crippen molar-refractivity contribution in [1.82, 2.24) is 0 Å². The van der Waals surface area contributed by atoms with Crippen LogP contribution in [0.1, 0.15) is 65.9 Å². The molecule has 3 aliphatic rings. The third-order valence-corrected chi connectivity index (χ3v) is 8.16. The molecule has 31 heavy (non-hydrogen) atoms. The van der Waals surface area contributed by atoms with Gasteiger partial charge in [-0.3, -0.25) is 4.79 Å². The standard InChI is InChI=1S/C26H34O5/c1-17-11-13-21(29-18(2)27)25(5)22(15-20-16-26(17,25)31-24(20,3)4)30-23(28)14-12-19-9-7-6-8-10-19/h6-10,12,14,17,20-22H,11,13,15-16H2,1-5H3/t17-,20-,21-,22+,25+,26+/m1/s1. The Morgan fingerprint density at radius 1 is 1.06 bits per heavy atom. The van der Waals surface area contributed by atoms with Crippen molar-refractivity contribution < 1.29 is 23.8 Å². The molecule has 1 aromatic rings. The molecule has 0 unspecified atom stereocenters. The van der Waals surface area contributed by atoms with Crippen LogP contribution in [-0.2, 0) is 23.8 Å². The summed E-state index contributed by atoms with van der Waals surface area (Å²) in [4.78, 5) is 24.8. The molecule has 5 heteroatoms. The Kier molecular flexibility index (Phi) is 5.53. The van der Waals surface area contributed by atoms with Gasteiger partial charge >= 0.3 is 11.9 Å². The number of fused-ring (bicyclic) bond motifs is 1. The maximum Gasteiger partial charge on any atom is 0.331 e. The van der Waals surface area contributed by atoms with E-state index in [1.54, 1.807) is 6.08 Å². The molecule has 2 aliphatic carbocycles. The van der Waals surface area contributed by atoms with E-state index in [9.17, 15) is 9.59 Å². The Hall–Kier alpha value is -2.14. The molecular weight excluding hydrogens is 392 g/mol. The van der Waals surface area contributed by atoms with E-state index in [1.165, 1.54) is 13.0 Å². The quantitative estimate of drug-likeness (QED) is 0.504. The fourth-order valence-corrected chi connectivity index (χ4v) is 6.39. The lowest BCUT2D eigenvalue weighted by molar-refractivity contribution is -0.261. The second-order valence-electron chi connectivity index (χ2n) is 10.3. The highest BCUT2D eigenvalue weighted by molar-refractivity contribution is 5.87. The van der Waals surface area contributed by atoms with Crippen LogP contribution in [0.2, 0.25) is 0 Å². The van der Waals surface area contributed by atoms with E-state index in [4.69, 9.17) is 14.2 Å². The van der Waals surface area contributed by atoms with Crippen LogP contribution >= 0.6 is 0 Å². The Labute approximate surface area is 185 Å². The van der Waals surface area contributed by atoms with Crippen molar-refractivity contribution in [1.29, 1.82) is 0 Å². The number of esters is 2. The van der Waals surface area contributed by atoms with Crippen LogP contribution in [-0.4, -0.2) is 35.3 Å². The van der Waals surface area contributed by atoms with E-state index >= 15 is 0 Å². The van der Waals surface area contributed by atoms with E-state index in [1.807, 2.05) is 30.3 Å². The molecule has 1 aromatic carbocycles. The molecule has 6 atom stereocenters. The molecule has 4 rings (SSSR count). The lowest BCUT2D eigenvalue weighted by Crippen LogP contribution is -2.67. The van der Waals surface area contributed by atoms with E-state index in [0.717, 1.165) is 24.8 Å². The van der Waals surface area contributed by atoms with Crippen LogP contribution in [0.4, 0.5) is 0 Å². The maximum absolute atomic E-state index is 12.8. The van der Waals surface area contributed by atoms with E-state index in [-0.39, 0.29) is 41.6 Å². The van der Waals surface area contributed by atoms with Crippen molar-refractivity contribution in [3.05, 3.63) is 42.0 Å². The van der Waals surface area contributed by atoms with Gasteiger partial charge in [0, 0.05) is 13.0 Å². The Morgan fingerprint density at radius 3 is 2.45 bits per heavy atom. The lowest BCUT2D eigenvalue weighted by Gasteiger charge is -2.60. The minimum absolute atomic E-state index is 0.287. The second-order valence-corrected chi connectivity index (χ2v) is 10.3. The Bertz CT molecular complexity index is 875. The molecule has 0 aromatic heterocycles. The number of benzene rings is 1. The van der Waals surface area contributed by atoms with Crippen molar-refractivity contribution in [3.63, 3.8) is 0 Å². The van der Waals surface area contributed by atoms with Crippen molar-refractivity contribution in [3.8, 4) is 0 Å². The van der Waals surface area contributed by atoms with Gasteiger partial charge in [-0.1, -0.05) is 37.3 Å². The first-order valence-electron chi connectivity index (χ1n) is 11.4. The summed E-state index contributed by atoms with van der Waals surface area (Å²) < 4.78 is 18.8. The van der Waals surface area contributed by atoms with Gasteiger partial charge in [-0.25, -0.2) is 4.79 Å². The molecular formula is C26H34O5. The van der Waals surface area contributed by atoms with Gasteiger partial charge in [0.1, 0.15) is 12.2 Å². The highest BCUT2D eigenvalue weighted by Crippen LogP contribution is 2.66. The van der Waals surface area contributed by atoms with Crippen LogP contribution in [0.3, 0.4) is 0 Å². The lowest BCUT2D eigenvalue weighted by atomic mass is 9.50. The first-order chi connectivity index (χ1) is 14.6. The number of hydrogen-bond donors (Lipinski definition) is 0. The average molecular weight is 427 g/mol. The highest BCUT2D eigenvalue weighted by atomic mass is 16.6. The van der Waals surface area contributed by atoms with Crippen LogP contribution < -0.4 is 0 Å². The smallest absolute Gasteiger partial charge is 0.331 e. The second kappa shape index (κ2) is 7.77. The summed E-state index contributed by atoms with van der Waals surface area (Å²) in [6.07, 6.45) is 5.82. The van der Waals surface area contributed by atoms with E-state index in [2.05, 4.69) is 27.7 Å². The number of carbonyl (C=O) groups excluding carboxylic acids is 2. The van der Waals surface area contributed by atoms with Gasteiger partial charge in [-0.15, -0.1) is 0 Å². The molecule has 3 fully saturated rings. The largest absolute Gasteiger partial charge is 0.462 e. The first-order valence-corrected chi connectivity index (χ1v) is 11.4. The average Bonchev–Trinajstić information content (AvgIpc) is 2.95. The number of ether oxygens (including phenoxy) is 3. The molecule has 1 spiro atoms. The van der Waals surface area contributed by atoms with Gasteiger partial charge in [0.05, 0.1) is 16.6 Å². The molecule has 1 heterocycles. The van der Waals surface area contributed by atoms with E-state index < -0.39 is 11.0 Å². The van der Waals surface area contributed by atoms with Crippen LogP contribution in [0.25, 0.3) is 6.08 Å². The summed E-state index contributed by atoms with van der Waals surface area (Å²) in [5, 5.41) is 0. The van der Waals surface area contributed by atoms with Crippen LogP contribution in [0.5, 0.6) is 0 Å². The summed E-state index contributed by atoms with van der Waals surface area (Å²) in [5.41, 5.74) is -0.448. The fourth-order valence-electron chi connectivity index (χ4n) is 6.39. The van der Waals surface area contributed by atoms with Crippen molar-refractivity contribution in [2.75, 3.05) is 0 Å². The molecule has 0 amide bonds. The number of hydrogen-bond acceptors (Lipinski definition) is 5. The fraction of sp³-hybridized carbons (Fsp3) is 0.615. The van der Waals surface area contributed by atoms with Crippen LogP contribution in [0, 0.1) is 17.3 Å². The van der Waals surface area contributed by atoms with Crippen LogP contribution in [0.15, 0.2) is 36.4 Å². The van der Waals surface area contributed by atoms with Crippen molar-refractivity contribution >= 4 is 18.0 Å². The molecule has 0 radical (unpaired) electrons. The summed E-state index contributed by atoms with van der Waals surface area (Å²) in [6.45, 7) is 10.0. The Morgan fingerprint density at radius 2 is 1.77 bits per heavy atom. The molecule has 2 bridgehead atoms. The third kappa shape index (κ3) is 3.61. The summed E-state index contributed by atoms with van der Waals surface area (Å²) in [6, 6.07) is 9.69. The number of carbonyl (C=O) groups is 2.